The summed E-state index contributed by atoms with van der Waals surface area (Å²) in [4.78, 5) is 1.16. The van der Waals surface area contributed by atoms with Crippen LogP contribution in [0.25, 0.3) is 0 Å². The number of thioether (sulfide) groups is 1. The summed E-state index contributed by atoms with van der Waals surface area (Å²) < 4.78 is 14.4. The van der Waals surface area contributed by atoms with Gasteiger partial charge in [-0.2, -0.15) is 0 Å². The highest BCUT2D eigenvalue weighted by Gasteiger charge is 2.08. The first-order chi connectivity index (χ1) is 9.54. The van der Waals surface area contributed by atoms with Crippen molar-refractivity contribution >= 4 is 39.3 Å². The van der Waals surface area contributed by atoms with Crippen molar-refractivity contribution in [2.24, 2.45) is 5.73 Å². The lowest BCUT2D eigenvalue weighted by atomic mass is 10.1. The van der Waals surface area contributed by atoms with E-state index in [1.807, 2.05) is 24.3 Å². The Morgan fingerprint density at radius 1 is 1.25 bits per heavy atom. The van der Waals surface area contributed by atoms with Gasteiger partial charge in [0.1, 0.15) is 5.82 Å². The number of halogens is 3. The Morgan fingerprint density at radius 2 is 2.05 bits per heavy atom. The fourth-order valence-corrected chi connectivity index (χ4v) is 3.37. The van der Waals surface area contributed by atoms with Crippen LogP contribution < -0.4 is 5.73 Å². The largest absolute Gasteiger partial charge is 0.327 e. The SMILES string of the molecule is NC(CSc1cccc(Br)c1)Cc1ccc(Cl)c(F)c1. The lowest BCUT2D eigenvalue weighted by Gasteiger charge is -2.12. The van der Waals surface area contributed by atoms with Crippen LogP contribution in [0.2, 0.25) is 5.02 Å². The highest BCUT2D eigenvalue weighted by molar-refractivity contribution is 9.10. The Labute approximate surface area is 135 Å². The molecule has 0 aliphatic rings. The Hall–Kier alpha value is -0.550. The van der Waals surface area contributed by atoms with Gasteiger partial charge in [0.2, 0.25) is 0 Å². The average molecular weight is 375 g/mol. The highest BCUT2D eigenvalue weighted by Crippen LogP contribution is 2.23. The van der Waals surface area contributed by atoms with Crippen molar-refractivity contribution in [3.05, 3.63) is 63.3 Å². The molecule has 0 heterocycles. The molecule has 106 valence electrons. The topological polar surface area (TPSA) is 26.0 Å². The van der Waals surface area contributed by atoms with Gasteiger partial charge >= 0.3 is 0 Å². The van der Waals surface area contributed by atoms with E-state index >= 15 is 0 Å². The van der Waals surface area contributed by atoms with Crippen LogP contribution in [0, 0.1) is 5.82 Å². The zero-order valence-electron chi connectivity index (χ0n) is 10.7. The second-order valence-electron chi connectivity index (χ2n) is 4.48. The molecule has 0 saturated carbocycles. The van der Waals surface area contributed by atoms with Gasteiger partial charge < -0.3 is 5.73 Å². The van der Waals surface area contributed by atoms with Crippen molar-refractivity contribution < 1.29 is 4.39 Å². The van der Waals surface area contributed by atoms with Crippen LogP contribution in [0.3, 0.4) is 0 Å². The van der Waals surface area contributed by atoms with E-state index in [0.29, 0.717) is 6.42 Å². The van der Waals surface area contributed by atoms with Gasteiger partial charge in [-0.15, -0.1) is 11.8 Å². The Kier molecular flexibility index (Phi) is 5.90. The number of benzene rings is 2. The molecule has 0 radical (unpaired) electrons. The molecule has 5 heteroatoms. The van der Waals surface area contributed by atoms with Gasteiger partial charge in [0.15, 0.2) is 0 Å². The summed E-state index contributed by atoms with van der Waals surface area (Å²) in [7, 11) is 0. The third kappa shape index (κ3) is 4.77. The molecule has 2 aromatic rings. The second kappa shape index (κ2) is 7.46. The van der Waals surface area contributed by atoms with Gasteiger partial charge in [0, 0.05) is 21.2 Å². The number of hydrogen-bond acceptors (Lipinski definition) is 2. The molecule has 1 nitrogen and oxygen atoms in total. The molecule has 0 fully saturated rings. The number of rotatable bonds is 5. The van der Waals surface area contributed by atoms with Crippen LogP contribution >= 0.6 is 39.3 Å². The fourth-order valence-electron chi connectivity index (χ4n) is 1.79. The first-order valence-electron chi connectivity index (χ1n) is 6.12. The normalized spacial score (nSPS) is 12.4. The lowest BCUT2D eigenvalue weighted by Crippen LogP contribution is -2.25. The van der Waals surface area contributed by atoms with Crippen LogP contribution in [-0.4, -0.2) is 11.8 Å². The van der Waals surface area contributed by atoms with Crippen LogP contribution in [0.1, 0.15) is 5.56 Å². The number of hydrogen-bond donors (Lipinski definition) is 1. The summed E-state index contributed by atoms with van der Waals surface area (Å²) >= 11 is 10.8. The monoisotopic (exact) mass is 373 g/mol. The lowest BCUT2D eigenvalue weighted by molar-refractivity contribution is 0.623. The van der Waals surface area contributed by atoms with Gasteiger partial charge in [-0.1, -0.05) is 39.7 Å². The summed E-state index contributed by atoms with van der Waals surface area (Å²) in [6.45, 7) is 0. The smallest absolute Gasteiger partial charge is 0.142 e. The van der Waals surface area contributed by atoms with Crippen molar-refractivity contribution in [3.63, 3.8) is 0 Å². The predicted molar refractivity (Wildman–Crippen MR) is 88.0 cm³/mol. The van der Waals surface area contributed by atoms with E-state index in [0.717, 1.165) is 20.7 Å². The van der Waals surface area contributed by atoms with Gasteiger partial charge in [-0.25, -0.2) is 4.39 Å². The third-order valence-electron chi connectivity index (χ3n) is 2.74. The standard InChI is InChI=1S/C15H14BrClFNS/c16-11-2-1-3-13(8-11)20-9-12(19)6-10-4-5-14(17)15(18)7-10/h1-5,7-8,12H,6,9,19H2. The summed E-state index contributed by atoms with van der Waals surface area (Å²) in [6, 6.07) is 12.9. The summed E-state index contributed by atoms with van der Waals surface area (Å²) in [6.07, 6.45) is 0.634. The van der Waals surface area contributed by atoms with Crippen LogP contribution in [0.5, 0.6) is 0 Å². The Morgan fingerprint density at radius 3 is 2.75 bits per heavy atom. The van der Waals surface area contributed by atoms with E-state index in [2.05, 4.69) is 22.0 Å². The molecular weight excluding hydrogens is 361 g/mol. The van der Waals surface area contributed by atoms with Gasteiger partial charge in [-0.3, -0.25) is 0 Å². The molecular formula is C15H14BrClFNS. The Balaban J connectivity index is 1.89. The van der Waals surface area contributed by atoms with E-state index in [1.165, 1.54) is 6.07 Å². The average Bonchev–Trinajstić information content (AvgIpc) is 2.41. The molecule has 0 saturated heterocycles. The molecule has 1 atom stereocenters. The zero-order valence-corrected chi connectivity index (χ0v) is 13.8. The molecule has 0 spiro atoms. The van der Waals surface area contributed by atoms with Crippen LogP contribution in [0.15, 0.2) is 51.8 Å². The van der Waals surface area contributed by atoms with Crippen molar-refractivity contribution in [3.8, 4) is 0 Å². The van der Waals surface area contributed by atoms with Crippen LogP contribution in [0.4, 0.5) is 4.39 Å². The predicted octanol–water partition coefficient (Wildman–Crippen LogP) is 4.90. The number of nitrogens with two attached hydrogens (primary N) is 1. The molecule has 0 aliphatic carbocycles. The molecule has 1 unspecified atom stereocenters. The van der Waals surface area contributed by atoms with Gasteiger partial charge in [0.05, 0.1) is 5.02 Å². The molecule has 0 bridgehead atoms. The maximum Gasteiger partial charge on any atom is 0.142 e. The molecule has 20 heavy (non-hydrogen) atoms. The van der Waals surface area contributed by atoms with Gasteiger partial charge in [0.25, 0.3) is 0 Å². The summed E-state index contributed by atoms with van der Waals surface area (Å²) in [5, 5.41) is 0.144. The maximum absolute atomic E-state index is 13.3. The Bertz CT molecular complexity index is 594. The molecule has 0 aliphatic heterocycles. The molecule has 0 aromatic heterocycles. The third-order valence-corrected chi connectivity index (χ3v) is 4.72. The second-order valence-corrected chi connectivity index (χ2v) is 6.90. The first kappa shape index (κ1) is 15.8. The molecule has 2 N–H and O–H groups in total. The van der Waals surface area contributed by atoms with E-state index in [4.69, 9.17) is 17.3 Å². The van der Waals surface area contributed by atoms with E-state index < -0.39 is 5.82 Å². The quantitative estimate of drug-likeness (QED) is 0.753. The first-order valence-corrected chi connectivity index (χ1v) is 8.28. The minimum Gasteiger partial charge on any atom is -0.327 e. The summed E-state index contributed by atoms with van der Waals surface area (Å²) in [5.41, 5.74) is 6.96. The van der Waals surface area contributed by atoms with Crippen molar-refractivity contribution in [2.45, 2.75) is 17.4 Å². The zero-order chi connectivity index (χ0) is 14.5. The molecule has 0 amide bonds. The minimum absolute atomic E-state index is 0.0282. The molecule has 2 aromatic carbocycles. The van der Waals surface area contributed by atoms with E-state index in [1.54, 1.807) is 17.8 Å². The van der Waals surface area contributed by atoms with Gasteiger partial charge in [-0.05, 0) is 42.3 Å². The minimum atomic E-state index is -0.393. The summed E-state index contributed by atoms with van der Waals surface area (Å²) in [5.74, 6) is 0.386. The van der Waals surface area contributed by atoms with E-state index in [-0.39, 0.29) is 11.1 Å². The van der Waals surface area contributed by atoms with Crippen molar-refractivity contribution in [1.29, 1.82) is 0 Å². The van der Waals surface area contributed by atoms with E-state index in [9.17, 15) is 4.39 Å². The fraction of sp³-hybridized carbons (Fsp3) is 0.200. The highest BCUT2D eigenvalue weighted by atomic mass is 79.9. The van der Waals surface area contributed by atoms with Crippen molar-refractivity contribution in [2.75, 3.05) is 5.75 Å². The van der Waals surface area contributed by atoms with Crippen molar-refractivity contribution in [1.82, 2.24) is 0 Å². The van der Waals surface area contributed by atoms with Crippen LogP contribution in [-0.2, 0) is 6.42 Å². The maximum atomic E-state index is 13.3. The molecule has 2 rings (SSSR count).